The maximum Gasteiger partial charge on any atom is 0.258 e. The number of pyridine rings is 1. The van der Waals surface area contributed by atoms with E-state index in [4.69, 9.17) is 4.74 Å². The number of carbonyl (C=O) groups excluding carboxylic acids is 1. The third-order valence-electron chi connectivity index (χ3n) is 3.60. The summed E-state index contributed by atoms with van der Waals surface area (Å²) in [6.45, 7) is 0.0392. The normalized spacial score (nSPS) is 10.5. The van der Waals surface area contributed by atoms with E-state index in [1.165, 1.54) is 12.1 Å². The average Bonchev–Trinajstić information content (AvgIpc) is 3.01. The zero-order chi connectivity index (χ0) is 17.6. The molecule has 0 saturated heterocycles. The molecule has 0 fully saturated rings. The Hall–Kier alpha value is -3.22. The van der Waals surface area contributed by atoms with E-state index < -0.39 is 5.82 Å². The molecule has 0 unspecified atom stereocenters. The summed E-state index contributed by atoms with van der Waals surface area (Å²) in [5.41, 5.74) is 2.51. The molecule has 3 aromatic rings. The Labute approximate surface area is 144 Å². The van der Waals surface area contributed by atoms with Crippen molar-refractivity contribution in [1.82, 2.24) is 20.1 Å². The van der Waals surface area contributed by atoms with Crippen LogP contribution in [0, 0.1) is 5.82 Å². The van der Waals surface area contributed by atoms with Crippen LogP contribution in [-0.2, 0) is 18.4 Å². The highest BCUT2D eigenvalue weighted by molar-refractivity contribution is 5.77. The molecule has 0 bridgehead atoms. The summed E-state index contributed by atoms with van der Waals surface area (Å²) in [5.74, 6) is -0.785. The van der Waals surface area contributed by atoms with Gasteiger partial charge in [0.05, 0.1) is 17.9 Å². The molecule has 2 heterocycles. The molecule has 0 aliphatic carbocycles. The molecule has 6 nitrogen and oxygen atoms in total. The van der Waals surface area contributed by atoms with Crippen LogP contribution in [0.25, 0.3) is 11.3 Å². The number of para-hydroxylation sites is 1. The van der Waals surface area contributed by atoms with Crippen LogP contribution in [0.15, 0.2) is 54.9 Å². The van der Waals surface area contributed by atoms with Crippen LogP contribution in [0.5, 0.6) is 5.75 Å². The van der Waals surface area contributed by atoms with Crippen LogP contribution < -0.4 is 10.1 Å². The van der Waals surface area contributed by atoms with Gasteiger partial charge in [-0.2, -0.15) is 5.10 Å². The van der Waals surface area contributed by atoms with E-state index in [1.807, 2.05) is 18.2 Å². The molecule has 0 aliphatic heterocycles. The zero-order valence-corrected chi connectivity index (χ0v) is 13.6. The topological polar surface area (TPSA) is 69.0 Å². The number of carbonyl (C=O) groups is 1. The first-order valence-electron chi connectivity index (χ1n) is 7.71. The van der Waals surface area contributed by atoms with Crippen LogP contribution in [0.2, 0.25) is 0 Å². The van der Waals surface area contributed by atoms with Gasteiger partial charge in [-0.1, -0.05) is 12.1 Å². The molecule has 1 amide bonds. The number of aryl methyl sites for hydroxylation is 1. The predicted octanol–water partition coefficient (Wildman–Crippen LogP) is 2.32. The van der Waals surface area contributed by atoms with Gasteiger partial charge in [0.25, 0.3) is 5.91 Å². The van der Waals surface area contributed by atoms with Crippen LogP contribution in [0.1, 0.15) is 5.69 Å². The van der Waals surface area contributed by atoms with E-state index >= 15 is 0 Å². The lowest BCUT2D eigenvalue weighted by atomic mass is 10.2. The van der Waals surface area contributed by atoms with Gasteiger partial charge in [0.2, 0.25) is 0 Å². The number of aromatic nitrogens is 3. The summed E-state index contributed by atoms with van der Waals surface area (Å²) in [7, 11) is 1.80. The number of nitrogens with one attached hydrogen (secondary N) is 1. The molecule has 128 valence electrons. The SMILES string of the molecule is Cn1nc(-c2cccnc2)cc1CNC(=O)COc1ccccc1F. The maximum absolute atomic E-state index is 13.4. The fourth-order valence-electron chi connectivity index (χ4n) is 2.27. The molecular formula is C18H17FN4O2. The van der Waals surface area contributed by atoms with Crippen LogP contribution in [0.3, 0.4) is 0 Å². The first-order chi connectivity index (χ1) is 12.1. The van der Waals surface area contributed by atoms with Gasteiger partial charge in [-0.05, 0) is 30.3 Å². The number of amides is 1. The highest BCUT2D eigenvalue weighted by atomic mass is 19.1. The van der Waals surface area contributed by atoms with Crippen molar-refractivity contribution < 1.29 is 13.9 Å². The van der Waals surface area contributed by atoms with E-state index in [0.717, 1.165) is 17.0 Å². The van der Waals surface area contributed by atoms with Crippen molar-refractivity contribution >= 4 is 5.91 Å². The molecule has 0 aliphatic rings. The van der Waals surface area contributed by atoms with Crippen molar-refractivity contribution in [2.24, 2.45) is 7.05 Å². The summed E-state index contributed by atoms with van der Waals surface area (Å²) in [6.07, 6.45) is 3.43. The zero-order valence-electron chi connectivity index (χ0n) is 13.6. The van der Waals surface area contributed by atoms with Crippen molar-refractivity contribution in [1.29, 1.82) is 0 Å². The summed E-state index contributed by atoms with van der Waals surface area (Å²) in [6, 6.07) is 11.6. The lowest BCUT2D eigenvalue weighted by Gasteiger charge is -2.08. The number of ether oxygens (including phenoxy) is 1. The minimum absolute atomic E-state index is 0.0528. The molecule has 25 heavy (non-hydrogen) atoms. The highest BCUT2D eigenvalue weighted by Gasteiger charge is 2.10. The van der Waals surface area contributed by atoms with Gasteiger partial charge < -0.3 is 10.1 Å². The third kappa shape index (κ3) is 4.20. The Balaban J connectivity index is 1.56. The quantitative estimate of drug-likeness (QED) is 0.748. The van der Waals surface area contributed by atoms with Crippen LogP contribution in [0.4, 0.5) is 4.39 Å². The molecule has 7 heteroatoms. The first-order valence-corrected chi connectivity index (χ1v) is 7.71. The Morgan fingerprint density at radius 2 is 2.12 bits per heavy atom. The molecule has 1 N–H and O–H groups in total. The molecule has 0 atom stereocenters. The second-order valence-electron chi connectivity index (χ2n) is 5.38. The molecule has 0 radical (unpaired) electrons. The van der Waals surface area contributed by atoms with E-state index in [2.05, 4.69) is 15.4 Å². The Bertz CT molecular complexity index is 865. The van der Waals surface area contributed by atoms with E-state index in [1.54, 1.807) is 36.3 Å². The van der Waals surface area contributed by atoms with Gasteiger partial charge in [-0.3, -0.25) is 14.5 Å². The van der Waals surface area contributed by atoms with Gasteiger partial charge in [0, 0.05) is 25.0 Å². The maximum atomic E-state index is 13.4. The molecule has 0 spiro atoms. The van der Waals surface area contributed by atoms with Gasteiger partial charge in [0.15, 0.2) is 18.2 Å². The Morgan fingerprint density at radius 1 is 1.28 bits per heavy atom. The third-order valence-corrected chi connectivity index (χ3v) is 3.60. The lowest BCUT2D eigenvalue weighted by molar-refractivity contribution is -0.123. The number of nitrogens with zero attached hydrogens (tertiary/aromatic N) is 3. The molecule has 3 rings (SSSR count). The molecule has 1 aromatic carbocycles. The summed E-state index contributed by atoms with van der Waals surface area (Å²) in [5, 5.41) is 7.14. The minimum atomic E-state index is -0.497. The Kier molecular flexibility index (Phi) is 5.03. The average molecular weight is 340 g/mol. The second kappa shape index (κ2) is 7.57. The molecule has 2 aromatic heterocycles. The van der Waals surface area contributed by atoms with Crippen molar-refractivity contribution in [3.05, 3.63) is 66.4 Å². The van der Waals surface area contributed by atoms with Crippen molar-refractivity contribution in [2.75, 3.05) is 6.61 Å². The Morgan fingerprint density at radius 3 is 2.88 bits per heavy atom. The number of benzene rings is 1. The van der Waals surface area contributed by atoms with Gasteiger partial charge in [0.1, 0.15) is 0 Å². The van der Waals surface area contributed by atoms with E-state index in [0.29, 0.717) is 6.54 Å². The van der Waals surface area contributed by atoms with Gasteiger partial charge in [-0.15, -0.1) is 0 Å². The lowest BCUT2D eigenvalue weighted by Crippen LogP contribution is -2.29. The number of hydrogen-bond donors (Lipinski definition) is 1. The predicted molar refractivity (Wildman–Crippen MR) is 90.2 cm³/mol. The number of rotatable bonds is 6. The fraction of sp³-hybridized carbons (Fsp3) is 0.167. The monoisotopic (exact) mass is 340 g/mol. The van der Waals surface area contributed by atoms with Crippen LogP contribution in [-0.4, -0.2) is 27.3 Å². The van der Waals surface area contributed by atoms with Gasteiger partial charge in [-0.25, -0.2) is 4.39 Å². The molecule has 0 saturated carbocycles. The number of hydrogen-bond acceptors (Lipinski definition) is 4. The fourth-order valence-corrected chi connectivity index (χ4v) is 2.27. The summed E-state index contributed by atoms with van der Waals surface area (Å²) >= 11 is 0. The van der Waals surface area contributed by atoms with Crippen LogP contribution >= 0.6 is 0 Å². The van der Waals surface area contributed by atoms with Crippen molar-refractivity contribution in [3.63, 3.8) is 0 Å². The van der Waals surface area contributed by atoms with E-state index in [-0.39, 0.29) is 18.3 Å². The first kappa shape index (κ1) is 16.6. The summed E-state index contributed by atoms with van der Waals surface area (Å²) < 4.78 is 20.3. The van der Waals surface area contributed by atoms with E-state index in [9.17, 15) is 9.18 Å². The highest BCUT2D eigenvalue weighted by Crippen LogP contribution is 2.17. The molecular weight excluding hydrogens is 323 g/mol. The largest absolute Gasteiger partial charge is 0.481 e. The number of halogens is 1. The second-order valence-corrected chi connectivity index (χ2v) is 5.38. The van der Waals surface area contributed by atoms with Crippen molar-refractivity contribution in [2.45, 2.75) is 6.54 Å². The summed E-state index contributed by atoms with van der Waals surface area (Å²) in [4.78, 5) is 16.0. The van der Waals surface area contributed by atoms with Gasteiger partial charge >= 0.3 is 0 Å². The standard InChI is InChI=1S/C18H17FN4O2/c1-23-14(9-16(22-23)13-5-4-8-20-10-13)11-21-18(24)12-25-17-7-3-2-6-15(17)19/h2-10H,11-12H2,1H3,(H,21,24). The minimum Gasteiger partial charge on any atom is -0.481 e. The van der Waals surface area contributed by atoms with Crippen molar-refractivity contribution in [3.8, 4) is 17.0 Å². The smallest absolute Gasteiger partial charge is 0.258 e.